The van der Waals surface area contributed by atoms with Gasteiger partial charge in [0.05, 0.1) is 19.6 Å². The standard InChI is InChI=1S/3C6H13N3/c3*1-5(2)9-6-7-3-4-8-6/h3*5H,3-4H2,1-2H3,(H2,7,8,9). The van der Waals surface area contributed by atoms with Crippen LogP contribution >= 0.6 is 0 Å². The Balaban J connectivity index is 0.000000202. The van der Waals surface area contributed by atoms with Crippen molar-refractivity contribution < 1.29 is 0 Å². The quantitative estimate of drug-likeness (QED) is 0.405. The van der Waals surface area contributed by atoms with Gasteiger partial charge in [0.15, 0.2) is 17.9 Å². The molecule has 3 aliphatic heterocycles. The second kappa shape index (κ2) is 13.1. The molecule has 0 unspecified atom stereocenters. The zero-order chi connectivity index (χ0) is 20.1. The van der Waals surface area contributed by atoms with Crippen LogP contribution in [0.3, 0.4) is 0 Å². The number of aliphatic imine (C=N–C) groups is 3. The van der Waals surface area contributed by atoms with Gasteiger partial charge in [0.2, 0.25) is 0 Å². The Morgan fingerprint density at radius 3 is 0.963 bits per heavy atom. The van der Waals surface area contributed by atoms with Crippen LogP contribution in [0.4, 0.5) is 0 Å². The molecule has 0 aromatic rings. The number of rotatable bonds is 3. The summed E-state index contributed by atoms with van der Waals surface area (Å²) < 4.78 is 0. The van der Waals surface area contributed by atoms with Gasteiger partial charge in [0.25, 0.3) is 0 Å². The predicted molar refractivity (Wildman–Crippen MR) is 116 cm³/mol. The number of guanidine groups is 3. The van der Waals surface area contributed by atoms with E-state index in [1.165, 1.54) is 0 Å². The van der Waals surface area contributed by atoms with Crippen LogP contribution < -0.4 is 31.9 Å². The van der Waals surface area contributed by atoms with Gasteiger partial charge in [-0.2, -0.15) is 0 Å². The summed E-state index contributed by atoms with van der Waals surface area (Å²) in [6.45, 7) is 18.3. The van der Waals surface area contributed by atoms with Crippen molar-refractivity contribution >= 4 is 17.9 Å². The molecule has 0 aliphatic carbocycles. The van der Waals surface area contributed by atoms with E-state index in [2.05, 4.69) is 88.4 Å². The summed E-state index contributed by atoms with van der Waals surface area (Å²) >= 11 is 0. The van der Waals surface area contributed by atoms with Crippen LogP contribution in [-0.2, 0) is 0 Å². The van der Waals surface area contributed by atoms with Crippen LogP contribution in [0, 0.1) is 0 Å². The molecule has 6 N–H and O–H groups in total. The average molecular weight is 382 g/mol. The van der Waals surface area contributed by atoms with Crippen LogP contribution in [0.1, 0.15) is 41.5 Å². The van der Waals surface area contributed by atoms with E-state index in [1.54, 1.807) is 0 Å². The Labute approximate surface area is 164 Å². The lowest BCUT2D eigenvalue weighted by Gasteiger charge is -2.08. The normalized spacial score (nSPS) is 17.4. The molecule has 3 rings (SSSR count). The summed E-state index contributed by atoms with van der Waals surface area (Å²) in [6.07, 6.45) is 0. The van der Waals surface area contributed by atoms with Gasteiger partial charge in [-0.3, -0.25) is 15.0 Å². The number of nitrogens with one attached hydrogen (secondary N) is 6. The fraction of sp³-hybridized carbons (Fsp3) is 0.833. The molecular weight excluding hydrogens is 342 g/mol. The van der Waals surface area contributed by atoms with Crippen molar-refractivity contribution in [1.29, 1.82) is 0 Å². The van der Waals surface area contributed by atoms with Crippen molar-refractivity contribution in [2.45, 2.75) is 59.7 Å². The molecule has 9 heteroatoms. The number of hydrogen-bond donors (Lipinski definition) is 6. The Bertz CT molecular complexity index is 424. The monoisotopic (exact) mass is 381 g/mol. The van der Waals surface area contributed by atoms with Crippen molar-refractivity contribution in [3.8, 4) is 0 Å². The molecule has 3 aliphatic rings. The van der Waals surface area contributed by atoms with E-state index in [4.69, 9.17) is 0 Å². The second-order valence-corrected chi connectivity index (χ2v) is 7.37. The Morgan fingerprint density at radius 2 is 0.815 bits per heavy atom. The van der Waals surface area contributed by atoms with Gasteiger partial charge < -0.3 is 31.9 Å². The molecule has 3 heterocycles. The smallest absolute Gasteiger partial charge is 0.191 e. The summed E-state index contributed by atoms with van der Waals surface area (Å²) in [7, 11) is 0. The molecule has 0 aromatic carbocycles. The van der Waals surface area contributed by atoms with Crippen LogP contribution in [0.25, 0.3) is 0 Å². The third kappa shape index (κ3) is 11.9. The molecule has 0 atom stereocenters. The first-order chi connectivity index (χ1) is 12.9. The lowest BCUT2D eigenvalue weighted by Crippen LogP contribution is -2.38. The van der Waals surface area contributed by atoms with Gasteiger partial charge in [0, 0.05) is 37.8 Å². The maximum absolute atomic E-state index is 4.17. The Hall–Kier alpha value is -2.19. The Morgan fingerprint density at radius 1 is 0.556 bits per heavy atom. The van der Waals surface area contributed by atoms with Crippen LogP contribution in [0.2, 0.25) is 0 Å². The van der Waals surface area contributed by atoms with E-state index in [0.717, 1.165) is 57.1 Å². The minimum Gasteiger partial charge on any atom is -0.355 e. The van der Waals surface area contributed by atoms with Gasteiger partial charge in [-0.1, -0.05) is 0 Å². The molecule has 27 heavy (non-hydrogen) atoms. The lowest BCUT2D eigenvalue weighted by atomic mass is 10.4. The third-order valence-corrected chi connectivity index (χ3v) is 3.30. The van der Waals surface area contributed by atoms with Gasteiger partial charge in [-0.25, -0.2) is 0 Å². The van der Waals surface area contributed by atoms with Crippen molar-refractivity contribution in [3.63, 3.8) is 0 Å². The van der Waals surface area contributed by atoms with Crippen molar-refractivity contribution in [2.75, 3.05) is 39.3 Å². The summed E-state index contributed by atoms with van der Waals surface area (Å²) in [6, 6.07) is 1.44. The maximum Gasteiger partial charge on any atom is 0.191 e. The lowest BCUT2D eigenvalue weighted by molar-refractivity contribution is 0.717. The molecule has 0 radical (unpaired) electrons. The minimum atomic E-state index is 0.481. The van der Waals surface area contributed by atoms with Gasteiger partial charge >= 0.3 is 0 Å². The van der Waals surface area contributed by atoms with E-state index >= 15 is 0 Å². The second-order valence-electron chi connectivity index (χ2n) is 7.37. The highest BCUT2D eigenvalue weighted by atomic mass is 15.2. The largest absolute Gasteiger partial charge is 0.355 e. The Kier molecular flexibility index (Phi) is 11.0. The highest BCUT2D eigenvalue weighted by molar-refractivity contribution is 5.82. The fourth-order valence-corrected chi connectivity index (χ4v) is 2.30. The molecule has 0 bridgehead atoms. The van der Waals surface area contributed by atoms with Gasteiger partial charge in [-0.15, -0.1) is 0 Å². The van der Waals surface area contributed by atoms with Crippen molar-refractivity contribution in [1.82, 2.24) is 31.9 Å². The van der Waals surface area contributed by atoms with Gasteiger partial charge in [-0.05, 0) is 41.5 Å². The van der Waals surface area contributed by atoms with Crippen molar-refractivity contribution in [3.05, 3.63) is 0 Å². The highest BCUT2D eigenvalue weighted by Gasteiger charge is 2.05. The van der Waals surface area contributed by atoms with E-state index in [9.17, 15) is 0 Å². The van der Waals surface area contributed by atoms with E-state index in [-0.39, 0.29) is 0 Å². The summed E-state index contributed by atoms with van der Waals surface area (Å²) in [5, 5.41) is 18.9. The number of nitrogens with zero attached hydrogens (tertiary/aromatic N) is 3. The highest BCUT2D eigenvalue weighted by Crippen LogP contribution is 1.85. The molecule has 156 valence electrons. The van der Waals surface area contributed by atoms with Crippen LogP contribution in [-0.4, -0.2) is 75.3 Å². The molecule has 0 saturated carbocycles. The predicted octanol–water partition coefficient (Wildman–Crippen LogP) is -0.169. The molecule has 0 fully saturated rings. The maximum atomic E-state index is 4.17. The van der Waals surface area contributed by atoms with Gasteiger partial charge in [0.1, 0.15) is 0 Å². The van der Waals surface area contributed by atoms with Crippen LogP contribution in [0.15, 0.2) is 15.0 Å². The topological polar surface area (TPSA) is 109 Å². The zero-order valence-electron chi connectivity index (χ0n) is 17.8. The third-order valence-electron chi connectivity index (χ3n) is 3.30. The van der Waals surface area contributed by atoms with E-state index < -0.39 is 0 Å². The fourth-order valence-electron chi connectivity index (χ4n) is 2.30. The first-order valence-corrected chi connectivity index (χ1v) is 10.0. The molecule has 0 aromatic heterocycles. The number of hydrogen-bond acceptors (Lipinski definition) is 9. The SMILES string of the molecule is CC(C)NC1=NCCN1.CC(C)NC1=NCCN1.CC(C)NC1=NCCN1. The zero-order valence-corrected chi connectivity index (χ0v) is 17.8. The molecule has 0 saturated heterocycles. The van der Waals surface area contributed by atoms with Crippen LogP contribution in [0.5, 0.6) is 0 Å². The van der Waals surface area contributed by atoms with Crippen molar-refractivity contribution in [2.24, 2.45) is 15.0 Å². The van der Waals surface area contributed by atoms with E-state index in [0.29, 0.717) is 18.1 Å². The first kappa shape index (κ1) is 22.9. The van der Waals surface area contributed by atoms with E-state index in [1.807, 2.05) is 0 Å². The minimum absolute atomic E-state index is 0.481. The first-order valence-electron chi connectivity index (χ1n) is 10.0. The average Bonchev–Trinajstić information content (AvgIpc) is 3.30. The summed E-state index contributed by atoms with van der Waals surface area (Å²) in [4.78, 5) is 12.5. The summed E-state index contributed by atoms with van der Waals surface area (Å²) in [5.74, 6) is 2.85. The molecule has 0 spiro atoms. The molecular formula is C18H39N9. The molecule has 0 amide bonds. The molecule has 9 nitrogen and oxygen atoms in total. The summed E-state index contributed by atoms with van der Waals surface area (Å²) in [5.41, 5.74) is 0.